The molecule has 7 heteroatoms. The van der Waals surface area contributed by atoms with Crippen molar-refractivity contribution in [3.63, 3.8) is 0 Å². The number of hydrogen-bond acceptors (Lipinski definition) is 5. The van der Waals surface area contributed by atoms with Gasteiger partial charge in [0.05, 0.1) is 23.3 Å². The second kappa shape index (κ2) is 8.75. The van der Waals surface area contributed by atoms with Crippen molar-refractivity contribution >= 4 is 28.7 Å². The third kappa shape index (κ3) is 4.54. The SMILES string of the molecule is Cc1cccc(CSc2nc3ccncc3n2CC(=O)NC[C@H]2CCCO2)c1. The van der Waals surface area contributed by atoms with Crippen LogP contribution in [0.5, 0.6) is 0 Å². The lowest BCUT2D eigenvalue weighted by Crippen LogP contribution is -2.34. The number of aryl methyl sites for hydroxylation is 1. The van der Waals surface area contributed by atoms with Gasteiger partial charge < -0.3 is 14.6 Å². The number of nitrogens with one attached hydrogen (secondary N) is 1. The molecule has 1 aliphatic heterocycles. The first-order valence-corrected chi connectivity index (χ1v) is 10.5. The van der Waals surface area contributed by atoms with E-state index in [0.29, 0.717) is 6.54 Å². The fraction of sp³-hybridized carbons (Fsp3) is 0.381. The van der Waals surface area contributed by atoms with Gasteiger partial charge in [-0.2, -0.15) is 0 Å². The normalized spacial score (nSPS) is 16.5. The molecule has 0 radical (unpaired) electrons. The van der Waals surface area contributed by atoms with Crippen LogP contribution in [0.25, 0.3) is 11.0 Å². The third-order valence-corrected chi connectivity index (χ3v) is 5.87. The van der Waals surface area contributed by atoms with Crippen molar-refractivity contribution in [1.29, 1.82) is 0 Å². The summed E-state index contributed by atoms with van der Waals surface area (Å²) < 4.78 is 7.53. The van der Waals surface area contributed by atoms with E-state index in [1.54, 1.807) is 24.2 Å². The van der Waals surface area contributed by atoms with Crippen molar-refractivity contribution in [2.75, 3.05) is 13.2 Å². The van der Waals surface area contributed by atoms with E-state index in [-0.39, 0.29) is 18.6 Å². The zero-order chi connectivity index (χ0) is 19.3. The molecule has 146 valence electrons. The van der Waals surface area contributed by atoms with E-state index >= 15 is 0 Å². The van der Waals surface area contributed by atoms with Gasteiger partial charge in [0.25, 0.3) is 0 Å². The van der Waals surface area contributed by atoms with Gasteiger partial charge in [0.2, 0.25) is 5.91 Å². The molecular formula is C21H24N4O2S. The molecule has 1 N–H and O–H groups in total. The number of hydrogen-bond donors (Lipinski definition) is 1. The van der Waals surface area contributed by atoms with E-state index in [2.05, 4.69) is 41.5 Å². The topological polar surface area (TPSA) is 69.0 Å². The summed E-state index contributed by atoms with van der Waals surface area (Å²) in [4.78, 5) is 21.5. The zero-order valence-corrected chi connectivity index (χ0v) is 16.7. The third-order valence-electron chi connectivity index (χ3n) is 4.82. The summed E-state index contributed by atoms with van der Waals surface area (Å²) in [6.45, 7) is 3.67. The first kappa shape index (κ1) is 19.0. The Labute approximate surface area is 168 Å². The predicted octanol–water partition coefficient (Wildman–Crippen LogP) is 3.33. The van der Waals surface area contributed by atoms with Crippen molar-refractivity contribution in [2.24, 2.45) is 0 Å². The summed E-state index contributed by atoms with van der Waals surface area (Å²) in [5.74, 6) is 0.770. The Morgan fingerprint density at radius 3 is 3.14 bits per heavy atom. The van der Waals surface area contributed by atoms with E-state index < -0.39 is 0 Å². The number of pyridine rings is 1. The highest BCUT2D eigenvalue weighted by Gasteiger charge is 2.18. The Balaban J connectivity index is 1.48. The number of fused-ring (bicyclic) bond motifs is 1. The van der Waals surface area contributed by atoms with Crippen molar-refractivity contribution < 1.29 is 9.53 Å². The standard InChI is InChI=1S/C21H24N4O2S/c1-15-4-2-5-16(10-15)14-28-21-24-18-7-8-22-12-19(18)25(21)13-20(26)23-11-17-6-3-9-27-17/h2,4-5,7-8,10,12,17H,3,6,9,11,13-14H2,1H3,(H,23,26)/t17-/m1/s1. The van der Waals surface area contributed by atoms with Crippen molar-refractivity contribution in [3.05, 3.63) is 53.9 Å². The molecule has 2 aromatic heterocycles. The molecule has 0 unspecified atom stereocenters. The summed E-state index contributed by atoms with van der Waals surface area (Å²) >= 11 is 1.64. The van der Waals surface area contributed by atoms with Gasteiger partial charge >= 0.3 is 0 Å². The summed E-state index contributed by atoms with van der Waals surface area (Å²) in [5.41, 5.74) is 4.21. The van der Waals surface area contributed by atoms with Crippen molar-refractivity contribution in [2.45, 2.75) is 43.3 Å². The number of carbonyl (C=O) groups is 1. The zero-order valence-electron chi connectivity index (χ0n) is 15.9. The number of nitrogens with zero attached hydrogens (tertiary/aromatic N) is 3. The maximum atomic E-state index is 12.5. The number of ether oxygens (including phenoxy) is 1. The molecule has 3 heterocycles. The summed E-state index contributed by atoms with van der Waals surface area (Å²) in [6.07, 6.45) is 5.72. The van der Waals surface area contributed by atoms with E-state index in [1.165, 1.54) is 11.1 Å². The van der Waals surface area contributed by atoms with Crippen LogP contribution >= 0.6 is 11.8 Å². The molecule has 0 aliphatic carbocycles. The highest BCUT2D eigenvalue weighted by Crippen LogP contribution is 2.26. The molecule has 1 fully saturated rings. The molecule has 3 aromatic rings. The number of imidazole rings is 1. The van der Waals surface area contributed by atoms with Crippen LogP contribution in [0.4, 0.5) is 0 Å². The smallest absolute Gasteiger partial charge is 0.240 e. The van der Waals surface area contributed by atoms with Gasteiger partial charge in [0.15, 0.2) is 5.16 Å². The van der Waals surface area contributed by atoms with Crippen LogP contribution in [0.1, 0.15) is 24.0 Å². The Morgan fingerprint density at radius 2 is 2.32 bits per heavy atom. The number of rotatable bonds is 7. The Hall–Kier alpha value is -2.38. The number of carbonyl (C=O) groups excluding carboxylic acids is 1. The van der Waals surface area contributed by atoms with Gasteiger partial charge in [-0.05, 0) is 31.4 Å². The van der Waals surface area contributed by atoms with E-state index in [1.807, 2.05) is 10.6 Å². The minimum absolute atomic E-state index is 0.0314. The van der Waals surface area contributed by atoms with E-state index in [4.69, 9.17) is 9.72 Å². The van der Waals surface area contributed by atoms with E-state index in [0.717, 1.165) is 41.4 Å². The maximum absolute atomic E-state index is 12.5. The second-order valence-electron chi connectivity index (χ2n) is 7.06. The quantitative estimate of drug-likeness (QED) is 0.621. The summed E-state index contributed by atoms with van der Waals surface area (Å²) in [5, 5.41) is 3.82. The Bertz CT molecular complexity index is 966. The van der Waals surface area contributed by atoms with Gasteiger partial charge in [-0.15, -0.1) is 0 Å². The average molecular weight is 397 g/mol. The van der Waals surface area contributed by atoms with Crippen molar-refractivity contribution in [3.8, 4) is 0 Å². The lowest BCUT2D eigenvalue weighted by atomic mass is 10.2. The van der Waals surface area contributed by atoms with Gasteiger partial charge in [-0.1, -0.05) is 41.6 Å². The molecule has 0 bridgehead atoms. The summed E-state index contributed by atoms with van der Waals surface area (Å²) in [7, 11) is 0. The van der Waals surface area contributed by atoms with Crippen LogP contribution in [0.3, 0.4) is 0 Å². The molecule has 1 aliphatic rings. The molecule has 1 aromatic carbocycles. The molecule has 0 saturated carbocycles. The first-order valence-electron chi connectivity index (χ1n) is 9.56. The molecule has 4 rings (SSSR count). The minimum Gasteiger partial charge on any atom is -0.376 e. The second-order valence-corrected chi connectivity index (χ2v) is 8.00. The molecule has 1 saturated heterocycles. The predicted molar refractivity (Wildman–Crippen MR) is 110 cm³/mol. The highest BCUT2D eigenvalue weighted by molar-refractivity contribution is 7.98. The van der Waals surface area contributed by atoms with Crippen LogP contribution in [0.2, 0.25) is 0 Å². The molecule has 1 amide bonds. The van der Waals surface area contributed by atoms with Crippen LogP contribution in [-0.2, 0) is 21.8 Å². The van der Waals surface area contributed by atoms with Crippen LogP contribution in [0, 0.1) is 6.92 Å². The fourth-order valence-corrected chi connectivity index (χ4v) is 4.35. The first-order chi connectivity index (χ1) is 13.7. The number of aromatic nitrogens is 3. The number of thioether (sulfide) groups is 1. The largest absolute Gasteiger partial charge is 0.376 e. The molecular weight excluding hydrogens is 372 g/mol. The van der Waals surface area contributed by atoms with Crippen molar-refractivity contribution in [1.82, 2.24) is 19.9 Å². The summed E-state index contributed by atoms with van der Waals surface area (Å²) in [6, 6.07) is 10.3. The lowest BCUT2D eigenvalue weighted by Gasteiger charge is -2.12. The van der Waals surface area contributed by atoms with Gasteiger partial charge in [0.1, 0.15) is 6.54 Å². The molecule has 0 spiro atoms. The number of benzene rings is 1. The lowest BCUT2D eigenvalue weighted by molar-refractivity contribution is -0.122. The van der Waals surface area contributed by atoms with Gasteiger partial charge in [0, 0.05) is 25.1 Å². The molecule has 1 atom stereocenters. The minimum atomic E-state index is -0.0314. The van der Waals surface area contributed by atoms with E-state index in [9.17, 15) is 4.79 Å². The molecule has 6 nitrogen and oxygen atoms in total. The Morgan fingerprint density at radius 1 is 1.39 bits per heavy atom. The maximum Gasteiger partial charge on any atom is 0.240 e. The van der Waals surface area contributed by atoms with Gasteiger partial charge in [-0.25, -0.2) is 4.98 Å². The van der Waals surface area contributed by atoms with Crippen LogP contribution in [0.15, 0.2) is 47.9 Å². The molecule has 28 heavy (non-hydrogen) atoms. The average Bonchev–Trinajstić information content (AvgIpc) is 3.33. The monoisotopic (exact) mass is 396 g/mol. The fourth-order valence-electron chi connectivity index (χ4n) is 3.39. The number of amides is 1. The van der Waals surface area contributed by atoms with Crippen LogP contribution in [-0.4, -0.2) is 39.7 Å². The van der Waals surface area contributed by atoms with Gasteiger partial charge in [-0.3, -0.25) is 9.78 Å². The van der Waals surface area contributed by atoms with Crippen LogP contribution < -0.4 is 5.32 Å². The highest BCUT2D eigenvalue weighted by atomic mass is 32.2. The Kier molecular flexibility index (Phi) is 5.92.